The summed E-state index contributed by atoms with van der Waals surface area (Å²) in [5.41, 5.74) is 0.278. The molecule has 0 amide bonds. The predicted molar refractivity (Wildman–Crippen MR) is 59.5 cm³/mol. The Morgan fingerprint density at radius 1 is 0.773 bits per heavy atom. The summed E-state index contributed by atoms with van der Waals surface area (Å²) in [6.45, 7) is -0.579. The van der Waals surface area contributed by atoms with Gasteiger partial charge in [0.05, 0.1) is 12.8 Å². The number of alkyl halides is 9. The Bertz CT molecular complexity index is 519. The first kappa shape index (κ1) is 18.3. The molecule has 1 nitrogen and oxygen atoms in total. The molecule has 0 aromatic heterocycles. The molecule has 0 aliphatic carbocycles. The van der Waals surface area contributed by atoms with Gasteiger partial charge in [-0.2, -0.15) is 39.5 Å². The SMILES string of the molecule is FC(F)(F)C(F)(F)C(F)(F)C(F)(F)C=NCc1ccccc1. The van der Waals surface area contributed by atoms with Crippen molar-refractivity contribution >= 4 is 6.21 Å². The van der Waals surface area contributed by atoms with Gasteiger partial charge in [0.15, 0.2) is 0 Å². The van der Waals surface area contributed by atoms with E-state index in [0.717, 1.165) is 0 Å². The first-order valence-electron chi connectivity index (χ1n) is 5.58. The van der Waals surface area contributed by atoms with Gasteiger partial charge in [0.2, 0.25) is 0 Å². The van der Waals surface area contributed by atoms with E-state index in [2.05, 4.69) is 4.99 Å². The van der Waals surface area contributed by atoms with Gasteiger partial charge < -0.3 is 0 Å². The van der Waals surface area contributed by atoms with Gasteiger partial charge in [0, 0.05) is 0 Å². The third-order valence-electron chi connectivity index (χ3n) is 2.54. The molecule has 22 heavy (non-hydrogen) atoms. The average Bonchev–Trinajstić information content (AvgIpc) is 2.38. The van der Waals surface area contributed by atoms with Crippen LogP contribution in [0.3, 0.4) is 0 Å². The van der Waals surface area contributed by atoms with Crippen molar-refractivity contribution < 1.29 is 39.5 Å². The number of benzene rings is 1. The molecule has 0 unspecified atom stereocenters. The van der Waals surface area contributed by atoms with Crippen molar-refractivity contribution in [2.45, 2.75) is 30.5 Å². The molecule has 0 saturated heterocycles. The Balaban J connectivity index is 2.97. The summed E-state index contributed by atoms with van der Waals surface area (Å²) in [6.07, 6.45) is -7.72. The Labute approximate surface area is 118 Å². The van der Waals surface area contributed by atoms with Crippen LogP contribution in [-0.4, -0.2) is 30.2 Å². The minimum atomic E-state index is -6.90. The van der Waals surface area contributed by atoms with Crippen molar-refractivity contribution in [3.63, 3.8) is 0 Å². The van der Waals surface area contributed by atoms with Crippen molar-refractivity contribution in [1.82, 2.24) is 0 Å². The van der Waals surface area contributed by atoms with Crippen molar-refractivity contribution in [3.05, 3.63) is 35.9 Å². The van der Waals surface area contributed by atoms with E-state index in [1.165, 1.54) is 24.3 Å². The molecule has 0 bridgehead atoms. The lowest BCUT2D eigenvalue weighted by atomic mass is 10.1. The molecule has 1 aromatic rings. The number of nitrogens with zero attached hydrogens (tertiary/aromatic N) is 1. The van der Waals surface area contributed by atoms with E-state index < -0.39 is 36.7 Å². The highest BCUT2D eigenvalue weighted by Crippen LogP contribution is 2.52. The highest BCUT2D eigenvalue weighted by Gasteiger charge is 2.81. The molecule has 0 fully saturated rings. The third-order valence-corrected chi connectivity index (χ3v) is 2.54. The molecule has 124 valence electrons. The van der Waals surface area contributed by atoms with E-state index >= 15 is 0 Å². The molecule has 0 saturated carbocycles. The van der Waals surface area contributed by atoms with E-state index in [1.54, 1.807) is 6.07 Å². The molecular weight excluding hydrogens is 329 g/mol. The molecule has 0 N–H and O–H groups in total. The van der Waals surface area contributed by atoms with Crippen LogP contribution in [0.5, 0.6) is 0 Å². The average molecular weight is 337 g/mol. The Morgan fingerprint density at radius 3 is 1.73 bits per heavy atom. The summed E-state index contributed by atoms with van der Waals surface area (Å²) in [5.74, 6) is -19.3. The van der Waals surface area contributed by atoms with E-state index in [-0.39, 0.29) is 5.56 Å². The van der Waals surface area contributed by atoms with Crippen LogP contribution in [-0.2, 0) is 6.54 Å². The lowest BCUT2D eigenvalue weighted by Crippen LogP contribution is -2.61. The molecule has 1 aromatic carbocycles. The van der Waals surface area contributed by atoms with Gasteiger partial charge in [-0.3, -0.25) is 4.99 Å². The number of rotatable bonds is 5. The topological polar surface area (TPSA) is 12.4 Å². The van der Waals surface area contributed by atoms with Gasteiger partial charge in [0.25, 0.3) is 0 Å². The Morgan fingerprint density at radius 2 is 1.27 bits per heavy atom. The number of hydrogen-bond donors (Lipinski definition) is 0. The minimum Gasteiger partial charge on any atom is -0.286 e. The zero-order valence-electron chi connectivity index (χ0n) is 10.5. The van der Waals surface area contributed by atoms with Crippen molar-refractivity contribution in [1.29, 1.82) is 0 Å². The zero-order valence-corrected chi connectivity index (χ0v) is 10.5. The normalized spacial score (nSPS) is 14.6. The van der Waals surface area contributed by atoms with Crippen LogP contribution in [0, 0.1) is 0 Å². The number of halogens is 9. The van der Waals surface area contributed by atoms with Crippen molar-refractivity contribution in [2.24, 2.45) is 4.99 Å². The Kier molecular flexibility index (Phi) is 4.83. The number of aliphatic imine (C=N–C) groups is 1. The van der Waals surface area contributed by atoms with Crippen LogP contribution in [0.15, 0.2) is 35.3 Å². The summed E-state index contributed by atoms with van der Waals surface area (Å²) in [5, 5.41) is 0. The van der Waals surface area contributed by atoms with Gasteiger partial charge in [-0.25, -0.2) is 0 Å². The third kappa shape index (κ3) is 3.36. The second-order valence-electron chi connectivity index (χ2n) is 4.22. The quantitative estimate of drug-likeness (QED) is 0.544. The maximum atomic E-state index is 13.1. The molecular formula is C12H8F9N. The highest BCUT2D eigenvalue weighted by atomic mass is 19.4. The van der Waals surface area contributed by atoms with Gasteiger partial charge in [-0.1, -0.05) is 30.3 Å². The summed E-state index contributed by atoms with van der Waals surface area (Å²) in [6, 6.07) is 7.24. The van der Waals surface area contributed by atoms with Crippen LogP contribution in [0.2, 0.25) is 0 Å². The van der Waals surface area contributed by atoms with Crippen molar-refractivity contribution in [2.75, 3.05) is 0 Å². The molecule has 0 heterocycles. The molecule has 0 spiro atoms. The Hall–Kier alpha value is -1.74. The molecule has 1 rings (SSSR count). The molecule has 10 heteroatoms. The van der Waals surface area contributed by atoms with Gasteiger partial charge >= 0.3 is 23.9 Å². The van der Waals surface area contributed by atoms with Gasteiger partial charge in [-0.05, 0) is 5.56 Å². The largest absolute Gasteiger partial charge is 0.460 e. The zero-order chi connectivity index (χ0) is 17.2. The maximum absolute atomic E-state index is 13.1. The molecule has 0 aliphatic heterocycles. The fourth-order valence-corrected chi connectivity index (χ4v) is 1.32. The molecule has 0 radical (unpaired) electrons. The maximum Gasteiger partial charge on any atom is 0.460 e. The second-order valence-corrected chi connectivity index (χ2v) is 4.22. The second kappa shape index (κ2) is 5.81. The van der Waals surface area contributed by atoms with Crippen LogP contribution in [0.1, 0.15) is 5.56 Å². The predicted octanol–water partition coefficient (Wildman–Crippen LogP) is 4.73. The van der Waals surface area contributed by atoms with E-state index in [1.807, 2.05) is 0 Å². The molecule has 0 atom stereocenters. The van der Waals surface area contributed by atoms with Gasteiger partial charge in [-0.15, -0.1) is 0 Å². The number of hydrogen-bond acceptors (Lipinski definition) is 1. The van der Waals surface area contributed by atoms with Gasteiger partial charge in [0.1, 0.15) is 0 Å². The lowest BCUT2D eigenvalue weighted by Gasteiger charge is -2.31. The first-order valence-corrected chi connectivity index (χ1v) is 5.58. The summed E-state index contributed by atoms with van der Waals surface area (Å²) < 4.78 is 112. The van der Waals surface area contributed by atoms with Crippen LogP contribution in [0.4, 0.5) is 39.5 Å². The summed E-state index contributed by atoms with van der Waals surface area (Å²) in [7, 11) is 0. The fraction of sp³-hybridized carbons (Fsp3) is 0.417. The molecule has 0 aliphatic rings. The van der Waals surface area contributed by atoms with Crippen LogP contribution >= 0.6 is 0 Å². The van der Waals surface area contributed by atoms with E-state index in [9.17, 15) is 39.5 Å². The lowest BCUT2D eigenvalue weighted by molar-refractivity contribution is -0.384. The highest BCUT2D eigenvalue weighted by molar-refractivity contribution is 5.68. The van der Waals surface area contributed by atoms with Crippen LogP contribution in [0.25, 0.3) is 0 Å². The minimum absolute atomic E-state index is 0.278. The standard InChI is InChI=1S/C12H8F9N/c13-9(14,7-22-6-8-4-2-1-3-5-8)10(15,16)11(17,18)12(19,20)21/h1-5,7H,6H2. The summed E-state index contributed by atoms with van der Waals surface area (Å²) >= 11 is 0. The van der Waals surface area contributed by atoms with Crippen LogP contribution < -0.4 is 0 Å². The smallest absolute Gasteiger partial charge is 0.286 e. The van der Waals surface area contributed by atoms with E-state index in [4.69, 9.17) is 0 Å². The summed E-state index contributed by atoms with van der Waals surface area (Å²) in [4.78, 5) is 2.82. The van der Waals surface area contributed by atoms with E-state index in [0.29, 0.717) is 0 Å². The monoisotopic (exact) mass is 337 g/mol. The van der Waals surface area contributed by atoms with Crippen molar-refractivity contribution in [3.8, 4) is 0 Å². The first-order chi connectivity index (χ1) is 9.83. The fourth-order valence-electron chi connectivity index (χ4n) is 1.32.